The number of ether oxygens (including phenoxy) is 3. The first-order valence-corrected chi connectivity index (χ1v) is 11.1. The van der Waals surface area contributed by atoms with Crippen LogP contribution in [0.3, 0.4) is 0 Å². The number of anilines is 1. The molecule has 1 N–H and O–H groups in total. The number of nitrogens with zero attached hydrogens (tertiary/aromatic N) is 1. The summed E-state index contributed by atoms with van der Waals surface area (Å²) in [6.45, 7) is 0.871. The lowest BCUT2D eigenvalue weighted by atomic mass is 10.3. The summed E-state index contributed by atoms with van der Waals surface area (Å²) in [5.74, 6) is 0.0980. The molecule has 0 unspecified atom stereocenters. The van der Waals surface area contributed by atoms with Gasteiger partial charge in [-0.1, -0.05) is 23.2 Å². The largest absolute Gasteiger partial charge is 0.495 e. The van der Waals surface area contributed by atoms with Gasteiger partial charge in [-0.3, -0.25) is 4.79 Å². The lowest BCUT2D eigenvalue weighted by molar-refractivity contribution is -0.118. The zero-order valence-corrected chi connectivity index (χ0v) is 18.4. The smallest absolute Gasteiger partial charge is 0.262 e. The van der Waals surface area contributed by atoms with Crippen LogP contribution in [0.25, 0.3) is 0 Å². The average Bonchev–Trinajstić information content (AvgIpc) is 2.73. The van der Waals surface area contributed by atoms with E-state index >= 15 is 0 Å². The molecule has 0 saturated carbocycles. The molecule has 3 rings (SSSR count). The second-order valence-electron chi connectivity index (χ2n) is 6.29. The maximum atomic E-state index is 12.9. The Morgan fingerprint density at radius 3 is 2.50 bits per heavy atom. The number of amides is 1. The molecule has 11 heteroatoms. The monoisotopic (exact) mass is 474 g/mol. The average molecular weight is 475 g/mol. The molecule has 30 heavy (non-hydrogen) atoms. The molecule has 0 bridgehead atoms. The van der Waals surface area contributed by atoms with Gasteiger partial charge in [0.1, 0.15) is 11.5 Å². The molecular weight excluding hydrogens is 455 g/mol. The van der Waals surface area contributed by atoms with Crippen molar-refractivity contribution in [1.82, 2.24) is 4.31 Å². The van der Waals surface area contributed by atoms with Crippen LogP contribution in [-0.2, 0) is 19.6 Å². The van der Waals surface area contributed by atoms with Gasteiger partial charge in [0.05, 0.1) is 35.9 Å². The normalized spacial score (nSPS) is 14.9. The number of rotatable bonds is 7. The van der Waals surface area contributed by atoms with Crippen molar-refractivity contribution in [3.63, 3.8) is 0 Å². The van der Waals surface area contributed by atoms with Crippen LogP contribution in [0.4, 0.5) is 5.69 Å². The molecule has 0 spiro atoms. The minimum Gasteiger partial charge on any atom is -0.495 e. The molecule has 1 heterocycles. The third kappa shape index (κ3) is 5.35. The summed E-state index contributed by atoms with van der Waals surface area (Å²) in [6, 6.07) is 8.91. The van der Waals surface area contributed by atoms with Gasteiger partial charge in [-0.2, -0.15) is 4.31 Å². The summed E-state index contributed by atoms with van der Waals surface area (Å²) in [7, 11) is -2.30. The van der Waals surface area contributed by atoms with Crippen molar-refractivity contribution in [2.24, 2.45) is 0 Å². The SMILES string of the molecule is COc1ccc(S(=O)(=O)N2CCOCC2)cc1NC(=O)COc1ccc(Cl)cc1Cl. The quantitative estimate of drug-likeness (QED) is 0.662. The number of carbonyl (C=O) groups is 1. The topological polar surface area (TPSA) is 94.2 Å². The Bertz CT molecular complexity index is 1030. The zero-order valence-electron chi connectivity index (χ0n) is 16.1. The first kappa shape index (κ1) is 22.6. The summed E-state index contributed by atoms with van der Waals surface area (Å²) in [5, 5.41) is 3.33. The van der Waals surface area contributed by atoms with Crippen molar-refractivity contribution in [1.29, 1.82) is 0 Å². The Balaban J connectivity index is 1.74. The Kier molecular flexibility index (Phi) is 7.43. The highest BCUT2D eigenvalue weighted by Crippen LogP contribution is 2.30. The van der Waals surface area contributed by atoms with Crippen LogP contribution >= 0.6 is 23.2 Å². The fourth-order valence-electron chi connectivity index (χ4n) is 2.80. The molecule has 0 aliphatic carbocycles. The number of methoxy groups -OCH3 is 1. The van der Waals surface area contributed by atoms with Gasteiger partial charge in [-0.25, -0.2) is 8.42 Å². The standard InChI is InChI=1S/C19H20Cl2N2O6S/c1-27-18-5-3-14(30(25,26)23-6-8-28-9-7-23)11-16(18)22-19(24)12-29-17-4-2-13(20)10-15(17)21/h2-5,10-11H,6-9,12H2,1H3,(H,22,24). The summed E-state index contributed by atoms with van der Waals surface area (Å²) in [5.41, 5.74) is 0.211. The number of morpholine rings is 1. The number of benzene rings is 2. The predicted octanol–water partition coefficient (Wildman–Crippen LogP) is 3.04. The van der Waals surface area contributed by atoms with E-state index in [9.17, 15) is 13.2 Å². The van der Waals surface area contributed by atoms with E-state index in [4.69, 9.17) is 37.4 Å². The first-order chi connectivity index (χ1) is 14.3. The molecule has 1 aliphatic heterocycles. The first-order valence-electron chi connectivity index (χ1n) is 8.95. The molecule has 1 aliphatic rings. The third-order valence-electron chi connectivity index (χ3n) is 4.31. The van der Waals surface area contributed by atoms with Gasteiger partial charge in [0, 0.05) is 18.1 Å². The van der Waals surface area contributed by atoms with Gasteiger partial charge in [0.15, 0.2) is 6.61 Å². The van der Waals surface area contributed by atoms with Crippen LogP contribution in [0.2, 0.25) is 10.0 Å². The van der Waals surface area contributed by atoms with Crippen LogP contribution in [0.5, 0.6) is 11.5 Å². The van der Waals surface area contributed by atoms with Crippen LogP contribution in [0.1, 0.15) is 0 Å². The van der Waals surface area contributed by atoms with Gasteiger partial charge in [-0.15, -0.1) is 0 Å². The number of sulfonamides is 1. The summed E-state index contributed by atoms with van der Waals surface area (Å²) >= 11 is 11.9. The fourth-order valence-corrected chi connectivity index (χ4v) is 4.70. The molecule has 1 saturated heterocycles. The summed E-state index contributed by atoms with van der Waals surface area (Å²) in [4.78, 5) is 12.4. The van der Waals surface area contributed by atoms with E-state index < -0.39 is 15.9 Å². The maximum Gasteiger partial charge on any atom is 0.262 e. The number of carbonyl (C=O) groups excluding carboxylic acids is 1. The molecule has 0 aromatic heterocycles. The van der Waals surface area contributed by atoms with E-state index in [1.165, 1.54) is 35.7 Å². The van der Waals surface area contributed by atoms with Gasteiger partial charge in [0.2, 0.25) is 10.0 Å². The number of hydrogen-bond acceptors (Lipinski definition) is 6. The van der Waals surface area contributed by atoms with E-state index in [0.29, 0.717) is 29.7 Å². The fraction of sp³-hybridized carbons (Fsp3) is 0.316. The van der Waals surface area contributed by atoms with Crippen molar-refractivity contribution >= 4 is 44.8 Å². The molecule has 162 valence electrons. The van der Waals surface area contributed by atoms with Crippen molar-refractivity contribution in [2.45, 2.75) is 4.90 Å². The molecule has 1 amide bonds. The van der Waals surface area contributed by atoms with Crippen molar-refractivity contribution in [3.05, 3.63) is 46.4 Å². The van der Waals surface area contributed by atoms with Crippen LogP contribution in [-0.4, -0.2) is 58.7 Å². The van der Waals surface area contributed by atoms with Crippen molar-refractivity contribution in [3.8, 4) is 11.5 Å². The van der Waals surface area contributed by atoms with Crippen molar-refractivity contribution < 1.29 is 27.4 Å². The lowest BCUT2D eigenvalue weighted by Crippen LogP contribution is -2.40. The number of nitrogens with one attached hydrogen (secondary N) is 1. The van der Waals surface area contributed by atoms with Gasteiger partial charge in [-0.05, 0) is 36.4 Å². The Morgan fingerprint density at radius 2 is 1.83 bits per heavy atom. The minimum absolute atomic E-state index is 0.0437. The van der Waals surface area contributed by atoms with Crippen LogP contribution in [0.15, 0.2) is 41.3 Å². The molecule has 2 aromatic carbocycles. The number of halogens is 2. The van der Waals surface area contributed by atoms with Crippen LogP contribution in [0, 0.1) is 0 Å². The predicted molar refractivity (Wildman–Crippen MR) is 113 cm³/mol. The third-order valence-corrected chi connectivity index (χ3v) is 6.73. The number of hydrogen-bond donors (Lipinski definition) is 1. The van der Waals surface area contributed by atoms with Crippen molar-refractivity contribution in [2.75, 3.05) is 45.3 Å². The molecule has 8 nitrogen and oxygen atoms in total. The Hall–Kier alpha value is -2.04. The second-order valence-corrected chi connectivity index (χ2v) is 9.07. The van der Waals surface area contributed by atoms with E-state index in [1.54, 1.807) is 12.1 Å². The minimum atomic E-state index is -3.73. The van der Waals surface area contributed by atoms with Gasteiger partial charge in [0.25, 0.3) is 5.91 Å². The highest BCUT2D eigenvalue weighted by atomic mass is 35.5. The van der Waals surface area contributed by atoms with E-state index in [-0.39, 0.29) is 35.3 Å². The lowest BCUT2D eigenvalue weighted by Gasteiger charge is -2.26. The molecule has 1 fully saturated rings. The van der Waals surface area contributed by atoms with Gasteiger partial charge >= 0.3 is 0 Å². The van der Waals surface area contributed by atoms with E-state index in [0.717, 1.165) is 0 Å². The van der Waals surface area contributed by atoms with Gasteiger partial charge < -0.3 is 19.5 Å². The van der Waals surface area contributed by atoms with E-state index in [1.807, 2.05) is 0 Å². The molecule has 0 atom stereocenters. The zero-order chi connectivity index (χ0) is 21.7. The highest BCUT2D eigenvalue weighted by Gasteiger charge is 2.27. The molecule has 0 radical (unpaired) electrons. The molecular formula is C19H20Cl2N2O6S. The maximum absolute atomic E-state index is 12.9. The Morgan fingerprint density at radius 1 is 1.13 bits per heavy atom. The second kappa shape index (κ2) is 9.84. The highest BCUT2D eigenvalue weighted by molar-refractivity contribution is 7.89. The summed E-state index contributed by atoms with van der Waals surface area (Å²) in [6.07, 6.45) is 0. The Labute approximate surface area is 184 Å². The summed E-state index contributed by atoms with van der Waals surface area (Å²) < 4.78 is 42.9. The molecule has 2 aromatic rings. The van der Waals surface area contributed by atoms with Crippen LogP contribution < -0.4 is 14.8 Å². The van der Waals surface area contributed by atoms with E-state index in [2.05, 4.69) is 5.32 Å².